The summed E-state index contributed by atoms with van der Waals surface area (Å²) in [5.41, 5.74) is 2.61. The van der Waals surface area contributed by atoms with Crippen molar-refractivity contribution in [2.45, 2.75) is 94.4 Å². The molecular weight excluding hydrogens is 375 g/mol. The van der Waals surface area contributed by atoms with Gasteiger partial charge in [0.1, 0.15) is 0 Å². The van der Waals surface area contributed by atoms with Gasteiger partial charge in [-0.05, 0) is 56.1 Å². The first kappa shape index (κ1) is 20.9. The molecule has 3 nitrogen and oxygen atoms in total. The van der Waals surface area contributed by atoms with E-state index >= 15 is 0 Å². The molecule has 30 heavy (non-hydrogen) atoms. The first-order valence-corrected chi connectivity index (χ1v) is 12.6. The average molecular weight is 415 g/mol. The maximum absolute atomic E-state index is 13.1. The van der Waals surface area contributed by atoms with Gasteiger partial charge in [0.2, 0.25) is 0 Å². The van der Waals surface area contributed by atoms with Crippen molar-refractivity contribution in [2.75, 3.05) is 32.9 Å². The van der Waals surface area contributed by atoms with Crippen LogP contribution in [0, 0.1) is 0 Å². The average Bonchev–Trinajstić information content (AvgIpc) is 2.81. The fourth-order valence-electron chi connectivity index (χ4n) is 6.83. The van der Waals surface area contributed by atoms with Crippen LogP contribution in [0.2, 0.25) is 0 Å². The summed E-state index contributed by atoms with van der Waals surface area (Å²) in [6.45, 7) is 4.69. The van der Waals surface area contributed by atoms with Gasteiger partial charge in [-0.15, -0.1) is 0 Å². The lowest BCUT2D eigenvalue weighted by molar-refractivity contribution is -0.142. The molecule has 0 bridgehead atoms. The maximum atomic E-state index is 13.1. The van der Waals surface area contributed by atoms with E-state index in [1.165, 1.54) is 82.3 Å². The summed E-state index contributed by atoms with van der Waals surface area (Å²) >= 11 is 0. The topological polar surface area (TPSA) is 15.7 Å². The minimum Gasteiger partial charge on any atom is -0.367 e. The lowest BCUT2D eigenvalue weighted by Gasteiger charge is -2.50. The van der Waals surface area contributed by atoms with Crippen molar-refractivity contribution in [1.29, 1.82) is 0 Å². The number of nitrogens with zero attached hydrogens (tertiary/aromatic N) is 2. The van der Waals surface area contributed by atoms with E-state index in [0.717, 1.165) is 25.3 Å². The van der Waals surface area contributed by atoms with E-state index in [1.54, 1.807) is 0 Å². The summed E-state index contributed by atoms with van der Waals surface area (Å²) < 4.78 is 19.7. The highest BCUT2D eigenvalue weighted by molar-refractivity contribution is 5.35. The summed E-state index contributed by atoms with van der Waals surface area (Å²) in [6, 6.07) is 10.3. The number of hydrogen-bond donors (Lipinski definition) is 0. The van der Waals surface area contributed by atoms with Gasteiger partial charge in [0, 0.05) is 44.7 Å². The standard InChI is InChI=1S/C26H39FN2O/c27-15-12-24-20-21-6-4-5-9-25(21)26(30-24)13-10-23(11-14-26)29-18-16-28(17-19-29)22-7-2-1-3-8-22/h4-6,9,22-24H,1-3,7-8,10-20H2/t23?,24-,26?/m1/s1. The van der Waals surface area contributed by atoms with Crippen LogP contribution in [0.5, 0.6) is 0 Å². The van der Waals surface area contributed by atoms with Crippen molar-refractivity contribution in [3.8, 4) is 0 Å². The Morgan fingerprint density at radius 1 is 0.867 bits per heavy atom. The van der Waals surface area contributed by atoms with Gasteiger partial charge in [-0.1, -0.05) is 43.5 Å². The fourth-order valence-corrected chi connectivity index (χ4v) is 6.83. The normalized spacial score (nSPS) is 34.2. The molecule has 2 heterocycles. The second-order valence-corrected chi connectivity index (χ2v) is 10.2. The van der Waals surface area contributed by atoms with E-state index in [-0.39, 0.29) is 18.4 Å². The highest BCUT2D eigenvalue weighted by Crippen LogP contribution is 2.47. The number of hydrogen-bond acceptors (Lipinski definition) is 3. The number of benzene rings is 1. The molecule has 0 aromatic heterocycles. The van der Waals surface area contributed by atoms with Crippen LogP contribution in [0.15, 0.2) is 24.3 Å². The Hall–Kier alpha value is -0.970. The molecule has 1 spiro atoms. The molecule has 166 valence electrons. The third-order valence-electron chi connectivity index (χ3n) is 8.50. The van der Waals surface area contributed by atoms with Gasteiger partial charge >= 0.3 is 0 Å². The van der Waals surface area contributed by atoms with Crippen LogP contribution in [0.3, 0.4) is 0 Å². The van der Waals surface area contributed by atoms with E-state index in [2.05, 4.69) is 34.1 Å². The van der Waals surface area contributed by atoms with Crippen molar-refractivity contribution in [3.63, 3.8) is 0 Å². The molecular formula is C26H39FN2O. The zero-order valence-electron chi connectivity index (χ0n) is 18.5. The van der Waals surface area contributed by atoms with E-state index in [9.17, 15) is 4.39 Å². The van der Waals surface area contributed by atoms with Crippen LogP contribution >= 0.6 is 0 Å². The van der Waals surface area contributed by atoms with Crippen molar-refractivity contribution < 1.29 is 9.13 Å². The van der Waals surface area contributed by atoms with E-state index in [1.807, 2.05) is 0 Å². The van der Waals surface area contributed by atoms with Gasteiger partial charge in [0.05, 0.1) is 18.4 Å². The molecule has 3 fully saturated rings. The number of fused-ring (bicyclic) bond motifs is 2. The Labute approximate surface area is 182 Å². The Morgan fingerprint density at radius 2 is 1.50 bits per heavy atom. The SMILES string of the molecule is FCC[C@@H]1Cc2ccccc2C2(CCC(N3CCN(C4CCCCC4)CC3)CC2)O1. The molecule has 2 aliphatic carbocycles. The molecule has 0 amide bonds. The molecule has 1 aromatic rings. The molecule has 4 aliphatic rings. The fraction of sp³-hybridized carbons (Fsp3) is 0.769. The van der Waals surface area contributed by atoms with Crippen molar-refractivity contribution in [2.24, 2.45) is 0 Å². The maximum Gasteiger partial charge on any atom is 0.0939 e. The summed E-state index contributed by atoms with van der Waals surface area (Å²) in [7, 11) is 0. The predicted molar refractivity (Wildman–Crippen MR) is 120 cm³/mol. The Morgan fingerprint density at radius 3 is 2.17 bits per heavy atom. The molecule has 5 rings (SSSR count). The lowest BCUT2D eigenvalue weighted by Crippen LogP contribution is -2.55. The summed E-state index contributed by atoms with van der Waals surface area (Å²) in [6.07, 6.45) is 13.2. The molecule has 2 aliphatic heterocycles. The van der Waals surface area contributed by atoms with Gasteiger partial charge in [-0.25, -0.2) is 0 Å². The van der Waals surface area contributed by atoms with Crippen molar-refractivity contribution in [3.05, 3.63) is 35.4 Å². The summed E-state index contributed by atoms with van der Waals surface area (Å²) in [4.78, 5) is 5.54. The minimum absolute atomic E-state index is 0.0421. The molecule has 0 radical (unpaired) electrons. The van der Waals surface area contributed by atoms with Crippen LogP contribution < -0.4 is 0 Å². The van der Waals surface area contributed by atoms with Crippen LogP contribution in [0.1, 0.15) is 75.3 Å². The predicted octanol–water partition coefficient (Wildman–Crippen LogP) is 5.08. The highest BCUT2D eigenvalue weighted by atomic mass is 19.1. The van der Waals surface area contributed by atoms with Gasteiger partial charge in [-0.3, -0.25) is 14.2 Å². The lowest BCUT2D eigenvalue weighted by atomic mass is 9.73. The summed E-state index contributed by atoms with van der Waals surface area (Å²) in [5, 5.41) is 0. The third-order valence-corrected chi connectivity index (χ3v) is 8.50. The van der Waals surface area contributed by atoms with Gasteiger partial charge in [0.25, 0.3) is 0 Å². The molecule has 2 saturated carbocycles. The molecule has 1 atom stereocenters. The number of rotatable bonds is 4. The molecule has 0 N–H and O–H groups in total. The van der Waals surface area contributed by atoms with Crippen LogP contribution in [0.25, 0.3) is 0 Å². The minimum atomic E-state index is -0.281. The molecule has 1 aromatic carbocycles. The summed E-state index contributed by atoms with van der Waals surface area (Å²) in [5.74, 6) is 0. The second-order valence-electron chi connectivity index (χ2n) is 10.2. The Balaban J connectivity index is 1.20. The monoisotopic (exact) mass is 414 g/mol. The van der Waals surface area contributed by atoms with E-state index < -0.39 is 0 Å². The number of halogens is 1. The van der Waals surface area contributed by atoms with E-state index in [0.29, 0.717) is 12.5 Å². The van der Waals surface area contributed by atoms with Gasteiger partial charge in [-0.2, -0.15) is 0 Å². The first-order chi connectivity index (χ1) is 14.8. The Kier molecular flexibility index (Phi) is 6.45. The van der Waals surface area contributed by atoms with Crippen LogP contribution in [-0.2, 0) is 16.8 Å². The van der Waals surface area contributed by atoms with E-state index in [4.69, 9.17) is 4.74 Å². The third kappa shape index (κ3) is 4.20. The Bertz CT molecular complexity index is 688. The highest BCUT2D eigenvalue weighted by Gasteiger charge is 2.44. The first-order valence-electron chi connectivity index (χ1n) is 12.6. The van der Waals surface area contributed by atoms with Gasteiger partial charge in [0.15, 0.2) is 0 Å². The number of ether oxygens (including phenoxy) is 1. The number of piperazine rings is 1. The van der Waals surface area contributed by atoms with Crippen molar-refractivity contribution >= 4 is 0 Å². The smallest absolute Gasteiger partial charge is 0.0939 e. The van der Waals surface area contributed by atoms with Crippen LogP contribution in [0.4, 0.5) is 4.39 Å². The zero-order chi connectivity index (χ0) is 20.4. The molecule has 1 saturated heterocycles. The molecule has 0 unspecified atom stereocenters. The quantitative estimate of drug-likeness (QED) is 0.684. The number of alkyl halides is 1. The van der Waals surface area contributed by atoms with Gasteiger partial charge < -0.3 is 4.74 Å². The van der Waals surface area contributed by atoms with Crippen LogP contribution in [-0.4, -0.2) is 60.8 Å². The molecule has 4 heteroatoms. The largest absolute Gasteiger partial charge is 0.367 e. The second kappa shape index (κ2) is 9.26. The zero-order valence-corrected chi connectivity index (χ0v) is 18.5. The van der Waals surface area contributed by atoms with Crippen molar-refractivity contribution in [1.82, 2.24) is 9.80 Å².